The van der Waals surface area contributed by atoms with Crippen molar-refractivity contribution in [3.63, 3.8) is 0 Å². The predicted molar refractivity (Wildman–Crippen MR) is 45.4 cm³/mol. The Kier molecular flexibility index (Phi) is 2.43. The summed E-state index contributed by atoms with van der Waals surface area (Å²) in [7, 11) is 0. The van der Waals surface area contributed by atoms with E-state index in [1.54, 1.807) is 6.92 Å². The number of hydrogen-bond donors (Lipinski definition) is 1. The van der Waals surface area contributed by atoms with Crippen molar-refractivity contribution in [2.75, 3.05) is 5.73 Å². The molecule has 0 radical (unpaired) electrons. The average molecular weight is 167 g/mol. The highest BCUT2D eigenvalue weighted by molar-refractivity contribution is 5.96. The zero-order valence-corrected chi connectivity index (χ0v) is 6.80. The SMILES string of the molecule is CCC(=O)c1ccc(N)c(F)c1. The second kappa shape index (κ2) is 3.34. The maximum Gasteiger partial charge on any atom is 0.162 e. The van der Waals surface area contributed by atoms with Crippen LogP contribution >= 0.6 is 0 Å². The van der Waals surface area contributed by atoms with Gasteiger partial charge in [0.2, 0.25) is 0 Å². The number of halogens is 1. The van der Waals surface area contributed by atoms with Crippen molar-refractivity contribution in [1.29, 1.82) is 0 Å². The van der Waals surface area contributed by atoms with E-state index in [1.165, 1.54) is 18.2 Å². The van der Waals surface area contributed by atoms with Gasteiger partial charge in [-0.2, -0.15) is 0 Å². The summed E-state index contributed by atoms with van der Waals surface area (Å²) >= 11 is 0. The van der Waals surface area contributed by atoms with E-state index >= 15 is 0 Å². The lowest BCUT2D eigenvalue weighted by molar-refractivity contribution is 0.0988. The normalized spacial score (nSPS) is 9.83. The number of ketones is 1. The van der Waals surface area contributed by atoms with Gasteiger partial charge >= 0.3 is 0 Å². The first-order valence-electron chi connectivity index (χ1n) is 3.73. The van der Waals surface area contributed by atoms with Crippen LogP contribution in [-0.4, -0.2) is 5.78 Å². The summed E-state index contributed by atoms with van der Waals surface area (Å²) < 4.78 is 12.8. The van der Waals surface area contributed by atoms with E-state index in [9.17, 15) is 9.18 Å². The predicted octanol–water partition coefficient (Wildman–Crippen LogP) is 2.00. The summed E-state index contributed by atoms with van der Waals surface area (Å²) in [6, 6.07) is 4.10. The van der Waals surface area contributed by atoms with E-state index in [0.29, 0.717) is 12.0 Å². The number of benzene rings is 1. The molecule has 0 atom stereocenters. The molecule has 0 fully saturated rings. The molecule has 0 saturated heterocycles. The molecule has 0 aliphatic carbocycles. The molecule has 1 aromatic carbocycles. The van der Waals surface area contributed by atoms with E-state index in [4.69, 9.17) is 5.73 Å². The van der Waals surface area contributed by atoms with E-state index in [-0.39, 0.29) is 11.5 Å². The Morgan fingerprint density at radius 1 is 1.58 bits per heavy atom. The fourth-order valence-electron chi connectivity index (χ4n) is 0.905. The Bertz CT molecular complexity index is 309. The van der Waals surface area contributed by atoms with Crippen LogP contribution in [0.25, 0.3) is 0 Å². The third-order valence-corrected chi connectivity index (χ3v) is 1.64. The molecule has 1 rings (SSSR count). The number of carbonyl (C=O) groups excluding carboxylic acids is 1. The van der Waals surface area contributed by atoms with Crippen molar-refractivity contribution in [2.45, 2.75) is 13.3 Å². The number of anilines is 1. The van der Waals surface area contributed by atoms with E-state index in [1.807, 2.05) is 0 Å². The number of carbonyl (C=O) groups is 1. The first-order chi connectivity index (χ1) is 5.65. The molecule has 0 aliphatic rings. The van der Waals surface area contributed by atoms with Crippen LogP contribution in [0.15, 0.2) is 18.2 Å². The van der Waals surface area contributed by atoms with Crippen molar-refractivity contribution in [3.8, 4) is 0 Å². The molecule has 0 saturated carbocycles. The fraction of sp³-hybridized carbons (Fsp3) is 0.222. The molecule has 0 aromatic heterocycles. The Balaban J connectivity index is 3.05. The van der Waals surface area contributed by atoms with Crippen molar-refractivity contribution in [3.05, 3.63) is 29.6 Å². The summed E-state index contributed by atoms with van der Waals surface area (Å²) in [4.78, 5) is 11.1. The Hall–Kier alpha value is -1.38. The lowest BCUT2D eigenvalue weighted by Gasteiger charge is -1.99. The topological polar surface area (TPSA) is 43.1 Å². The maximum atomic E-state index is 12.8. The minimum absolute atomic E-state index is 0.0719. The van der Waals surface area contributed by atoms with Gasteiger partial charge in [-0.3, -0.25) is 4.79 Å². The Labute approximate surface area is 70.2 Å². The zero-order valence-electron chi connectivity index (χ0n) is 6.80. The summed E-state index contributed by atoms with van der Waals surface area (Å²) in [5.74, 6) is -0.608. The maximum absolute atomic E-state index is 12.8. The summed E-state index contributed by atoms with van der Waals surface area (Å²) in [5.41, 5.74) is 5.69. The third kappa shape index (κ3) is 1.61. The molecular formula is C9H10FNO. The molecule has 0 amide bonds. The van der Waals surface area contributed by atoms with Crippen LogP contribution in [-0.2, 0) is 0 Å². The number of rotatable bonds is 2. The average Bonchev–Trinajstić information content (AvgIpc) is 2.08. The number of nitrogens with two attached hydrogens (primary N) is 1. The molecular weight excluding hydrogens is 157 g/mol. The van der Waals surface area contributed by atoms with Crippen molar-refractivity contribution >= 4 is 11.5 Å². The molecule has 64 valence electrons. The van der Waals surface area contributed by atoms with Gasteiger partial charge in [0.05, 0.1) is 5.69 Å². The van der Waals surface area contributed by atoms with Crippen molar-refractivity contribution < 1.29 is 9.18 Å². The van der Waals surface area contributed by atoms with Gasteiger partial charge in [-0.05, 0) is 18.2 Å². The van der Waals surface area contributed by atoms with Crippen LogP contribution in [0.5, 0.6) is 0 Å². The highest BCUT2D eigenvalue weighted by Gasteiger charge is 2.05. The van der Waals surface area contributed by atoms with Gasteiger partial charge in [-0.25, -0.2) is 4.39 Å². The monoisotopic (exact) mass is 167 g/mol. The first kappa shape index (κ1) is 8.71. The van der Waals surface area contributed by atoms with Gasteiger partial charge in [0.15, 0.2) is 5.78 Å². The van der Waals surface area contributed by atoms with Crippen LogP contribution in [0, 0.1) is 5.82 Å². The van der Waals surface area contributed by atoms with E-state index in [0.717, 1.165) is 0 Å². The standard InChI is InChI=1S/C9H10FNO/c1-2-9(12)6-3-4-8(11)7(10)5-6/h3-5H,2,11H2,1H3. The molecule has 0 unspecified atom stereocenters. The van der Waals surface area contributed by atoms with Gasteiger partial charge < -0.3 is 5.73 Å². The lowest BCUT2D eigenvalue weighted by Crippen LogP contribution is -1.99. The van der Waals surface area contributed by atoms with Crippen LogP contribution in [0.2, 0.25) is 0 Å². The fourth-order valence-corrected chi connectivity index (χ4v) is 0.905. The zero-order chi connectivity index (χ0) is 9.14. The van der Waals surface area contributed by atoms with Gasteiger partial charge in [-0.15, -0.1) is 0 Å². The van der Waals surface area contributed by atoms with Gasteiger partial charge in [0, 0.05) is 12.0 Å². The number of nitrogen functional groups attached to an aromatic ring is 1. The lowest BCUT2D eigenvalue weighted by atomic mass is 10.1. The third-order valence-electron chi connectivity index (χ3n) is 1.64. The molecule has 1 aromatic rings. The Morgan fingerprint density at radius 2 is 2.25 bits per heavy atom. The second-order valence-electron chi connectivity index (χ2n) is 2.51. The van der Waals surface area contributed by atoms with Crippen LogP contribution in [0.3, 0.4) is 0 Å². The van der Waals surface area contributed by atoms with Gasteiger partial charge in [-0.1, -0.05) is 6.92 Å². The first-order valence-corrected chi connectivity index (χ1v) is 3.73. The second-order valence-corrected chi connectivity index (χ2v) is 2.51. The molecule has 0 bridgehead atoms. The summed E-state index contributed by atoms with van der Waals surface area (Å²) in [5, 5.41) is 0. The molecule has 12 heavy (non-hydrogen) atoms. The summed E-state index contributed by atoms with van der Waals surface area (Å²) in [6.07, 6.45) is 0.378. The molecule has 2 nitrogen and oxygen atoms in total. The molecule has 0 heterocycles. The largest absolute Gasteiger partial charge is 0.396 e. The molecule has 2 N–H and O–H groups in total. The van der Waals surface area contributed by atoms with Crippen LogP contribution < -0.4 is 5.73 Å². The minimum Gasteiger partial charge on any atom is -0.396 e. The number of Topliss-reactive ketones (excluding diaryl/α,β-unsaturated/α-hetero) is 1. The Morgan fingerprint density at radius 3 is 2.75 bits per heavy atom. The van der Waals surface area contributed by atoms with E-state index < -0.39 is 5.82 Å². The molecule has 0 aliphatic heterocycles. The quantitative estimate of drug-likeness (QED) is 0.540. The van der Waals surface area contributed by atoms with Crippen LogP contribution in [0.1, 0.15) is 23.7 Å². The molecule has 0 spiro atoms. The minimum atomic E-state index is -0.533. The van der Waals surface area contributed by atoms with E-state index in [2.05, 4.69) is 0 Å². The van der Waals surface area contributed by atoms with Crippen molar-refractivity contribution in [1.82, 2.24) is 0 Å². The highest BCUT2D eigenvalue weighted by atomic mass is 19.1. The molecule has 3 heteroatoms. The highest BCUT2D eigenvalue weighted by Crippen LogP contribution is 2.12. The summed E-state index contributed by atoms with van der Waals surface area (Å²) in [6.45, 7) is 1.73. The van der Waals surface area contributed by atoms with Gasteiger partial charge in [0.25, 0.3) is 0 Å². The van der Waals surface area contributed by atoms with Crippen molar-refractivity contribution in [2.24, 2.45) is 0 Å². The smallest absolute Gasteiger partial charge is 0.162 e. The van der Waals surface area contributed by atoms with Gasteiger partial charge in [0.1, 0.15) is 5.82 Å². The van der Waals surface area contributed by atoms with Crippen LogP contribution in [0.4, 0.5) is 10.1 Å². The number of hydrogen-bond acceptors (Lipinski definition) is 2.